The molecule has 1 aromatic heterocycles. The second-order valence-electron chi connectivity index (χ2n) is 6.47. The van der Waals surface area contributed by atoms with E-state index in [2.05, 4.69) is 27.4 Å². The molecular weight excluding hydrogens is 396 g/mol. The predicted molar refractivity (Wildman–Crippen MR) is 115 cm³/mol. The fraction of sp³-hybridized carbons (Fsp3) is 0.174. The van der Waals surface area contributed by atoms with Crippen molar-refractivity contribution in [2.24, 2.45) is 5.10 Å². The molecule has 0 aliphatic heterocycles. The van der Waals surface area contributed by atoms with Crippen molar-refractivity contribution in [1.82, 2.24) is 15.4 Å². The SMILES string of the molecule is CCCCOc1ccc(C(=O)Oc2ccc(/C=N/NC(=O)c3cnccn3)cc2)cc1. The first-order valence-electron chi connectivity index (χ1n) is 9.80. The molecule has 0 fully saturated rings. The Morgan fingerprint density at radius 1 is 1.03 bits per heavy atom. The van der Waals surface area contributed by atoms with Crippen LogP contribution in [0.5, 0.6) is 11.5 Å². The summed E-state index contributed by atoms with van der Waals surface area (Å²) in [6.07, 6.45) is 7.77. The normalized spacial score (nSPS) is 10.6. The van der Waals surface area contributed by atoms with E-state index in [1.807, 2.05) is 0 Å². The predicted octanol–water partition coefficient (Wildman–Crippen LogP) is 3.64. The average Bonchev–Trinajstić information content (AvgIpc) is 2.81. The Bertz CT molecular complexity index is 1020. The van der Waals surface area contributed by atoms with Crippen molar-refractivity contribution >= 4 is 18.1 Å². The minimum Gasteiger partial charge on any atom is -0.494 e. The monoisotopic (exact) mass is 418 g/mol. The highest BCUT2D eigenvalue weighted by Gasteiger charge is 2.09. The van der Waals surface area contributed by atoms with Crippen LogP contribution in [0.25, 0.3) is 0 Å². The maximum atomic E-state index is 12.3. The Hall–Kier alpha value is -4.07. The number of rotatable bonds is 9. The maximum absolute atomic E-state index is 12.3. The van der Waals surface area contributed by atoms with Gasteiger partial charge in [0.25, 0.3) is 5.91 Å². The van der Waals surface area contributed by atoms with Gasteiger partial charge in [-0.25, -0.2) is 15.2 Å². The van der Waals surface area contributed by atoms with Crippen LogP contribution in [0.2, 0.25) is 0 Å². The molecule has 2 aromatic carbocycles. The van der Waals surface area contributed by atoms with Crippen LogP contribution in [0, 0.1) is 0 Å². The summed E-state index contributed by atoms with van der Waals surface area (Å²) in [5.74, 6) is 0.198. The second-order valence-corrected chi connectivity index (χ2v) is 6.47. The Labute approximate surface area is 180 Å². The number of hydrazone groups is 1. The van der Waals surface area contributed by atoms with E-state index in [4.69, 9.17) is 9.47 Å². The fourth-order valence-corrected chi connectivity index (χ4v) is 2.45. The molecule has 1 N–H and O–H groups in total. The maximum Gasteiger partial charge on any atom is 0.343 e. The summed E-state index contributed by atoms with van der Waals surface area (Å²) in [5.41, 5.74) is 3.68. The van der Waals surface area contributed by atoms with Crippen molar-refractivity contribution in [2.75, 3.05) is 6.61 Å². The molecule has 0 spiro atoms. The van der Waals surface area contributed by atoms with Gasteiger partial charge in [-0.1, -0.05) is 13.3 Å². The Kier molecular flexibility index (Phi) is 7.82. The summed E-state index contributed by atoms with van der Waals surface area (Å²) in [7, 11) is 0. The lowest BCUT2D eigenvalue weighted by Crippen LogP contribution is -2.19. The minimum atomic E-state index is -0.461. The van der Waals surface area contributed by atoms with Crippen molar-refractivity contribution < 1.29 is 19.1 Å². The van der Waals surface area contributed by atoms with Gasteiger partial charge in [0.1, 0.15) is 17.2 Å². The van der Waals surface area contributed by atoms with Crippen molar-refractivity contribution in [3.05, 3.63) is 83.9 Å². The third-order valence-electron chi connectivity index (χ3n) is 4.12. The van der Waals surface area contributed by atoms with Crippen LogP contribution in [0.1, 0.15) is 46.2 Å². The zero-order valence-corrected chi connectivity index (χ0v) is 17.0. The number of nitrogens with zero attached hydrogens (tertiary/aromatic N) is 3. The molecule has 3 rings (SSSR count). The number of unbranched alkanes of at least 4 members (excludes halogenated alkanes) is 1. The molecular formula is C23H22N4O4. The molecule has 0 aliphatic rings. The van der Waals surface area contributed by atoms with Crippen molar-refractivity contribution in [3.63, 3.8) is 0 Å². The molecule has 0 bridgehead atoms. The van der Waals surface area contributed by atoms with Gasteiger partial charge in [-0.2, -0.15) is 5.10 Å². The van der Waals surface area contributed by atoms with Gasteiger partial charge in [-0.3, -0.25) is 9.78 Å². The van der Waals surface area contributed by atoms with Gasteiger partial charge in [0.2, 0.25) is 0 Å². The van der Waals surface area contributed by atoms with E-state index in [-0.39, 0.29) is 5.69 Å². The van der Waals surface area contributed by atoms with Gasteiger partial charge >= 0.3 is 5.97 Å². The van der Waals surface area contributed by atoms with Gasteiger partial charge < -0.3 is 9.47 Å². The molecule has 1 amide bonds. The number of nitrogens with one attached hydrogen (secondary N) is 1. The third-order valence-corrected chi connectivity index (χ3v) is 4.12. The fourth-order valence-electron chi connectivity index (χ4n) is 2.45. The lowest BCUT2D eigenvalue weighted by atomic mass is 10.2. The average molecular weight is 418 g/mol. The van der Waals surface area contributed by atoms with Gasteiger partial charge in [0.05, 0.1) is 24.6 Å². The number of aromatic nitrogens is 2. The molecule has 0 unspecified atom stereocenters. The van der Waals surface area contributed by atoms with E-state index in [1.165, 1.54) is 24.8 Å². The summed E-state index contributed by atoms with van der Waals surface area (Å²) in [6.45, 7) is 2.75. The van der Waals surface area contributed by atoms with Crippen LogP contribution in [0.15, 0.2) is 72.2 Å². The van der Waals surface area contributed by atoms with Crippen LogP contribution in [-0.4, -0.2) is 34.7 Å². The summed E-state index contributed by atoms with van der Waals surface area (Å²) < 4.78 is 11.0. The van der Waals surface area contributed by atoms with Crippen molar-refractivity contribution in [2.45, 2.75) is 19.8 Å². The van der Waals surface area contributed by atoms with Crippen molar-refractivity contribution in [1.29, 1.82) is 0 Å². The van der Waals surface area contributed by atoms with Crippen LogP contribution < -0.4 is 14.9 Å². The Balaban J connectivity index is 1.50. The zero-order valence-electron chi connectivity index (χ0n) is 17.0. The molecule has 0 atom stereocenters. The van der Waals surface area contributed by atoms with E-state index < -0.39 is 11.9 Å². The van der Waals surface area contributed by atoms with Gasteiger partial charge in [0.15, 0.2) is 0 Å². The number of esters is 1. The summed E-state index contributed by atoms with van der Waals surface area (Å²) in [6, 6.07) is 13.6. The first-order valence-corrected chi connectivity index (χ1v) is 9.80. The molecule has 0 aliphatic carbocycles. The van der Waals surface area contributed by atoms with E-state index >= 15 is 0 Å². The molecule has 3 aromatic rings. The van der Waals surface area contributed by atoms with Crippen LogP contribution in [0.4, 0.5) is 0 Å². The first-order chi connectivity index (χ1) is 15.2. The standard InChI is InChI=1S/C23H22N4O4/c1-2-3-14-30-19-10-6-18(7-11-19)23(29)31-20-8-4-17(5-9-20)15-26-27-22(28)21-16-24-12-13-25-21/h4-13,15-16H,2-3,14H2,1H3,(H,27,28)/b26-15+. The van der Waals surface area contributed by atoms with Crippen LogP contribution in [-0.2, 0) is 0 Å². The van der Waals surface area contributed by atoms with Gasteiger partial charge in [-0.05, 0) is 60.5 Å². The number of carbonyl (C=O) groups is 2. The van der Waals surface area contributed by atoms with E-state index in [0.717, 1.165) is 18.6 Å². The van der Waals surface area contributed by atoms with Crippen LogP contribution >= 0.6 is 0 Å². The quantitative estimate of drug-likeness (QED) is 0.187. The zero-order chi connectivity index (χ0) is 21.9. The molecule has 31 heavy (non-hydrogen) atoms. The molecule has 0 radical (unpaired) electrons. The Morgan fingerprint density at radius 3 is 2.45 bits per heavy atom. The molecule has 1 heterocycles. The number of ether oxygens (including phenoxy) is 2. The number of hydrogen-bond donors (Lipinski definition) is 1. The highest BCUT2D eigenvalue weighted by Crippen LogP contribution is 2.16. The van der Waals surface area contributed by atoms with E-state index in [1.54, 1.807) is 48.5 Å². The van der Waals surface area contributed by atoms with Gasteiger partial charge in [-0.15, -0.1) is 0 Å². The largest absolute Gasteiger partial charge is 0.494 e. The van der Waals surface area contributed by atoms with Crippen molar-refractivity contribution in [3.8, 4) is 11.5 Å². The second kappa shape index (κ2) is 11.2. The topological polar surface area (TPSA) is 103 Å². The highest BCUT2D eigenvalue weighted by atomic mass is 16.5. The molecule has 8 heteroatoms. The smallest absolute Gasteiger partial charge is 0.343 e. The highest BCUT2D eigenvalue weighted by molar-refractivity contribution is 5.93. The number of carbonyl (C=O) groups excluding carboxylic acids is 2. The molecule has 0 saturated heterocycles. The third kappa shape index (κ3) is 6.74. The number of benzene rings is 2. The molecule has 158 valence electrons. The minimum absolute atomic E-state index is 0.169. The van der Waals surface area contributed by atoms with Gasteiger partial charge in [0, 0.05) is 12.4 Å². The molecule has 0 saturated carbocycles. The summed E-state index contributed by atoms with van der Waals surface area (Å²) in [5, 5.41) is 3.88. The number of amides is 1. The summed E-state index contributed by atoms with van der Waals surface area (Å²) in [4.78, 5) is 31.9. The number of hydrogen-bond acceptors (Lipinski definition) is 7. The van der Waals surface area contributed by atoms with Crippen LogP contribution in [0.3, 0.4) is 0 Å². The Morgan fingerprint density at radius 2 is 1.77 bits per heavy atom. The molecule has 8 nitrogen and oxygen atoms in total. The lowest BCUT2D eigenvalue weighted by Gasteiger charge is -2.07. The van der Waals surface area contributed by atoms with E-state index in [9.17, 15) is 9.59 Å². The van der Waals surface area contributed by atoms with E-state index in [0.29, 0.717) is 23.5 Å². The lowest BCUT2D eigenvalue weighted by molar-refractivity contribution is 0.0734. The summed E-state index contributed by atoms with van der Waals surface area (Å²) >= 11 is 0. The first kappa shape index (κ1) is 21.6.